The standard InChI is InChI=1S/C13H14N2S/c1-15(2)12(7-8-14)11-9-16-13-6-4-3-5-10(11)13/h3-6,9,12H,7H2,1-2H3. The molecule has 0 aliphatic rings. The fraction of sp³-hybridized carbons (Fsp3) is 0.308. The van der Waals surface area contributed by atoms with E-state index in [0.29, 0.717) is 6.42 Å². The Bertz CT molecular complexity index is 522. The summed E-state index contributed by atoms with van der Waals surface area (Å²) >= 11 is 1.75. The summed E-state index contributed by atoms with van der Waals surface area (Å²) in [7, 11) is 4.04. The maximum atomic E-state index is 8.88. The van der Waals surface area contributed by atoms with E-state index >= 15 is 0 Å². The Morgan fingerprint density at radius 3 is 2.81 bits per heavy atom. The van der Waals surface area contributed by atoms with Crippen LogP contribution >= 0.6 is 11.3 Å². The molecule has 0 aliphatic carbocycles. The van der Waals surface area contributed by atoms with Crippen LogP contribution in [-0.4, -0.2) is 19.0 Å². The van der Waals surface area contributed by atoms with E-state index < -0.39 is 0 Å². The molecule has 0 saturated heterocycles. The Labute approximate surface area is 99.7 Å². The average Bonchev–Trinajstić information content (AvgIpc) is 2.69. The van der Waals surface area contributed by atoms with Crippen molar-refractivity contribution >= 4 is 21.4 Å². The van der Waals surface area contributed by atoms with Crippen LogP contribution in [0.2, 0.25) is 0 Å². The molecule has 2 nitrogen and oxygen atoms in total. The largest absolute Gasteiger partial charge is 0.301 e. The maximum absolute atomic E-state index is 8.88. The van der Waals surface area contributed by atoms with Gasteiger partial charge in [-0.25, -0.2) is 0 Å². The number of nitrogens with zero attached hydrogens (tertiary/aromatic N) is 2. The van der Waals surface area contributed by atoms with Crippen molar-refractivity contribution in [2.45, 2.75) is 12.5 Å². The summed E-state index contributed by atoms with van der Waals surface area (Å²) in [5, 5.41) is 12.3. The Kier molecular flexibility index (Phi) is 3.23. The van der Waals surface area contributed by atoms with Gasteiger partial charge in [-0.3, -0.25) is 0 Å². The minimum Gasteiger partial charge on any atom is -0.301 e. The van der Waals surface area contributed by atoms with Crippen molar-refractivity contribution in [1.29, 1.82) is 5.26 Å². The zero-order valence-electron chi connectivity index (χ0n) is 9.47. The van der Waals surface area contributed by atoms with Crippen LogP contribution in [-0.2, 0) is 0 Å². The fourth-order valence-electron chi connectivity index (χ4n) is 1.91. The van der Waals surface area contributed by atoms with E-state index in [1.54, 1.807) is 11.3 Å². The van der Waals surface area contributed by atoms with Crippen molar-refractivity contribution in [3.05, 3.63) is 35.2 Å². The Hall–Kier alpha value is -1.37. The van der Waals surface area contributed by atoms with Gasteiger partial charge in [-0.2, -0.15) is 5.26 Å². The molecule has 82 valence electrons. The zero-order chi connectivity index (χ0) is 11.5. The molecule has 1 unspecified atom stereocenters. The first kappa shape index (κ1) is 11.1. The molecule has 0 spiro atoms. The van der Waals surface area contributed by atoms with Crippen molar-refractivity contribution < 1.29 is 0 Å². The van der Waals surface area contributed by atoms with E-state index in [2.05, 4.69) is 40.6 Å². The molecule has 1 atom stereocenters. The molecule has 0 radical (unpaired) electrons. The van der Waals surface area contributed by atoms with Gasteiger partial charge in [0.2, 0.25) is 0 Å². The lowest BCUT2D eigenvalue weighted by molar-refractivity contribution is 0.306. The van der Waals surface area contributed by atoms with Crippen LogP contribution in [0.3, 0.4) is 0 Å². The normalized spacial score (nSPS) is 12.9. The molecule has 1 heterocycles. The summed E-state index contributed by atoms with van der Waals surface area (Å²) in [5.74, 6) is 0. The zero-order valence-corrected chi connectivity index (χ0v) is 10.3. The van der Waals surface area contributed by atoms with Gasteiger partial charge >= 0.3 is 0 Å². The summed E-state index contributed by atoms with van der Waals surface area (Å²) in [5.41, 5.74) is 1.27. The number of fused-ring (bicyclic) bond motifs is 1. The topological polar surface area (TPSA) is 27.0 Å². The van der Waals surface area contributed by atoms with Crippen LogP contribution < -0.4 is 0 Å². The Morgan fingerprint density at radius 1 is 1.38 bits per heavy atom. The first-order valence-corrected chi connectivity index (χ1v) is 6.11. The summed E-state index contributed by atoms with van der Waals surface area (Å²) in [6.07, 6.45) is 0.535. The molecule has 16 heavy (non-hydrogen) atoms. The van der Waals surface area contributed by atoms with Gasteiger partial charge in [-0.15, -0.1) is 11.3 Å². The summed E-state index contributed by atoms with van der Waals surface area (Å²) in [6.45, 7) is 0. The molecule has 0 amide bonds. The van der Waals surface area contributed by atoms with Crippen LogP contribution in [0, 0.1) is 11.3 Å². The fourth-order valence-corrected chi connectivity index (χ4v) is 2.92. The van der Waals surface area contributed by atoms with Gasteiger partial charge in [0.05, 0.1) is 12.5 Å². The molecular formula is C13H14N2S. The highest BCUT2D eigenvalue weighted by molar-refractivity contribution is 7.17. The monoisotopic (exact) mass is 230 g/mol. The van der Waals surface area contributed by atoms with E-state index in [0.717, 1.165) is 0 Å². The number of benzene rings is 1. The third kappa shape index (κ3) is 1.95. The van der Waals surface area contributed by atoms with Gasteiger partial charge in [0.15, 0.2) is 0 Å². The second kappa shape index (κ2) is 4.65. The minimum atomic E-state index is 0.196. The Morgan fingerprint density at radius 2 is 2.12 bits per heavy atom. The molecule has 2 aromatic rings. The predicted octanol–water partition coefficient (Wildman–Crippen LogP) is 3.42. The highest BCUT2D eigenvalue weighted by atomic mass is 32.1. The van der Waals surface area contributed by atoms with Crippen molar-refractivity contribution in [1.82, 2.24) is 4.90 Å². The highest BCUT2D eigenvalue weighted by Crippen LogP contribution is 2.33. The molecule has 3 heteroatoms. The molecule has 1 aromatic carbocycles. The number of nitriles is 1. The van der Waals surface area contributed by atoms with Gasteiger partial charge in [0.25, 0.3) is 0 Å². The molecule has 0 saturated carbocycles. The minimum absolute atomic E-state index is 0.196. The van der Waals surface area contributed by atoms with Crippen LogP contribution in [0.25, 0.3) is 10.1 Å². The quantitative estimate of drug-likeness (QED) is 0.808. The molecule has 0 bridgehead atoms. The molecule has 2 rings (SSSR count). The smallest absolute Gasteiger partial charge is 0.0641 e. The summed E-state index contributed by atoms with van der Waals surface area (Å²) < 4.78 is 1.29. The van der Waals surface area contributed by atoms with Crippen LogP contribution in [0.5, 0.6) is 0 Å². The number of hydrogen-bond acceptors (Lipinski definition) is 3. The third-order valence-corrected chi connectivity index (χ3v) is 3.76. The lowest BCUT2D eigenvalue weighted by atomic mass is 10.0. The van der Waals surface area contributed by atoms with Gasteiger partial charge in [-0.1, -0.05) is 18.2 Å². The number of rotatable bonds is 3. The van der Waals surface area contributed by atoms with Gasteiger partial charge in [0.1, 0.15) is 0 Å². The second-order valence-corrected chi connectivity index (χ2v) is 4.94. The number of hydrogen-bond donors (Lipinski definition) is 0. The van der Waals surface area contributed by atoms with Crippen molar-refractivity contribution in [3.8, 4) is 6.07 Å². The number of thiophene rings is 1. The van der Waals surface area contributed by atoms with Gasteiger partial charge in [0, 0.05) is 10.7 Å². The van der Waals surface area contributed by atoms with Gasteiger partial charge in [-0.05, 0) is 36.5 Å². The van der Waals surface area contributed by atoms with Gasteiger partial charge < -0.3 is 4.90 Å². The van der Waals surface area contributed by atoms with Crippen LogP contribution in [0.1, 0.15) is 18.0 Å². The van der Waals surface area contributed by atoms with E-state index in [1.807, 2.05) is 14.1 Å². The lowest BCUT2D eigenvalue weighted by Crippen LogP contribution is -2.19. The summed E-state index contributed by atoms with van der Waals surface area (Å²) in [6, 6.07) is 10.8. The first-order chi connectivity index (χ1) is 7.74. The van der Waals surface area contributed by atoms with Crippen LogP contribution in [0.15, 0.2) is 29.6 Å². The van der Waals surface area contributed by atoms with E-state index in [4.69, 9.17) is 5.26 Å². The molecule has 0 aliphatic heterocycles. The third-order valence-electron chi connectivity index (χ3n) is 2.78. The molecule has 1 aromatic heterocycles. The molecule has 0 N–H and O–H groups in total. The highest BCUT2D eigenvalue weighted by Gasteiger charge is 2.17. The molecular weight excluding hydrogens is 216 g/mol. The lowest BCUT2D eigenvalue weighted by Gasteiger charge is -2.21. The van der Waals surface area contributed by atoms with E-state index in [1.165, 1.54) is 15.6 Å². The Balaban J connectivity index is 2.49. The SMILES string of the molecule is CN(C)C(CC#N)c1csc2ccccc12. The maximum Gasteiger partial charge on any atom is 0.0641 e. The van der Waals surface area contributed by atoms with Crippen LogP contribution in [0.4, 0.5) is 0 Å². The van der Waals surface area contributed by atoms with E-state index in [-0.39, 0.29) is 6.04 Å². The van der Waals surface area contributed by atoms with Crippen molar-refractivity contribution in [2.75, 3.05) is 14.1 Å². The average molecular weight is 230 g/mol. The van der Waals surface area contributed by atoms with E-state index in [9.17, 15) is 0 Å². The molecule has 0 fully saturated rings. The first-order valence-electron chi connectivity index (χ1n) is 5.23. The summed E-state index contributed by atoms with van der Waals surface area (Å²) in [4.78, 5) is 2.11. The van der Waals surface area contributed by atoms with Crippen molar-refractivity contribution in [3.63, 3.8) is 0 Å². The predicted molar refractivity (Wildman–Crippen MR) is 68.5 cm³/mol. The second-order valence-electron chi connectivity index (χ2n) is 4.03. The van der Waals surface area contributed by atoms with Crippen molar-refractivity contribution in [2.24, 2.45) is 0 Å².